The van der Waals surface area contributed by atoms with Crippen molar-refractivity contribution in [3.05, 3.63) is 64.1 Å². The second-order valence-corrected chi connectivity index (χ2v) is 10.3. The molecule has 3 heterocycles. The van der Waals surface area contributed by atoms with Gasteiger partial charge < -0.3 is 15.0 Å². The highest BCUT2D eigenvalue weighted by Crippen LogP contribution is 2.44. The molecule has 11 heteroatoms. The van der Waals surface area contributed by atoms with Crippen molar-refractivity contribution in [2.75, 3.05) is 26.5 Å². The normalized spacial score (nSPS) is 12.1. The number of pyridine rings is 1. The number of ether oxygens (including phenoxy) is 1. The minimum absolute atomic E-state index is 0.136. The number of fused-ring (bicyclic) bond motifs is 3. The van der Waals surface area contributed by atoms with E-state index < -0.39 is 0 Å². The fourth-order valence-corrected chi connectivity index (χ4v) is 5.72. The van der Waals surface area contributed by atoms with Crippen LogP contribution in [0.15, 0.2) is 36.5 Å². The van der Waals surface area contributed by atoms with E-state index in [-0.39, 0.29) is 11.8 Å². The molecule has 1 aliphatic rings. The van der Waals surface area contributed by atoms with Crippen LogP contribution in [0.25, 0.3) is 27.5 Å². The zero-order valence-corrected chi connectivity index (χ0v) is 22.4. The standard InChI is InChI=1S/C26H25ClN6O3S/c1-14(34)29-26-30-20-9-8-18-22(16-5-7-17(13-36-4)28-12-16)31-33(23(18)24(20)37-26)21-10-6-15(11-19(21)27)25(35)32(2)3/h5-7,10-12H,8-9,13H2,1-4H3,(H,29,30,34). The van der Waals surface area contributed by atoms with Crippen molar-refractivity contribution in [3.8, 4) is 27.5 Å². The number of anilines is 1. The van der Waals surface area contributed by atoms with Crippen molar-refractivity contribution in [1.29, 1.82) is 0 Å². The lowest BCUT2D eigenvalue weighted by Gasteiger charge is -2.16. The number of benzene rings is 1. The van der Waals surface area contributed by atoms with Gasteiger partial charge in [0, 0.05) is 51.0 Å². The highest BCUT2D eigenvalue weighted by atomic mass is 35.5. The molecule has 1 aliphatic carbocycles. The van der Waals surface area contributed by atoms with Gasteiger partial charge in [-0.1, -0.05) is 22.9 Å². The van der Waals surface area contributed by atoms with E-state index in [1.54, 1.807) is 45.6 Å². The fourth-order valence-electron chi connectivity index (χ4n) is 4.35. The number of methoxy groups -OCH3 is 1. The van der Waals surface area contributed by atoms with Gasteiger partial charge in [0.1, 0.15) is 0 Å². The zero-order chi connectivity index (χ0) is 26.3. The van der Waals surface area contributed by atoms with E-state index in [2.05, 4.69) is 15.3 Å². The maximum atomic E-state index is 12.5. The molecular weight excluding hydrogens is 512 g/mol. The number of carbonyl (C=O) groups excluding carboxylic acids is 2. The number of nitrogens with one attached hydrogen (secondary N) is 1. The summed E-state index contributed by atoms with van der Waals surface area (Å²) in [5.41, 5.74) is 6.47. The number of halogens is 1. The third-order valence-corrected chi connectivity index (χ3v) is 7.33. The minimum Gasteiger partial charge on any atom is -0.378 e. The molecule has 3 aromatic heterocycles. The summed E-state index contributed by atoms with van der Waals surface area (Å²) in [4.78, 5) is 35.8. The van der Waals surface area contributed by atoms with Crippen LogP contribution in [0.4, 0.5) is 5.13 Å². The molecule has 0 saturated heterocycles. The summed E-state index contributed by atoms with van der Waals surface area (Å²) < 4.78 is 7.00. The Morgan fingerprint density at radius 2 is 2.03 bits per heavy atom. The molecule has 190 valence electrons. The Kier molecular flexibility index (Phi) is 6.80. The van der Waals surface area contributed by atoms with Crippen LogP contribution in [0.5, 0.6) is 0 Å². The topological polar surface area (TPSA) is 102 Å². The van der Waals surface area contributed by atoms with Crippen molar-refractivity contribution in [1.82, 2.24) is 24.6 Å². The molecule has 0 fully saturated rings. The monoisotopic (exact) mass is 536 g/mol. The molecule has 1 aromatic carbocycles. The molecule has 0 atom stereocenters. The number of aromatic nitrogens is 4. The van der Waals surface area contributed by atoms with Crippen LogP contribution in [0, 0.1) is 0 Å². The van der Waals surface area contributed by atoms with E-state index >= 15 is 0 Å². The van der Waals surface area contributed by atoms with E-state index in [9.17, 15) is 9.59 Å². The third-order valence-electron chi connectivity index (χ3n) is 6.01. The highest BCUT2D eigenvalue weighted by Gasteiger charge is 2.30. The molecule has 0 spiro atoms. The number of rotatable bonds is 6. The number of thiazole rings is 1. The quantitative estimate of drug-likeness (QED) is 0.386. The molecule has 0 aliphatic heterocycles. The Bertz CT molecular complexity index is 1510. The molecule has 4 aromatic rings. The van der Waals surface area contributed by atoms with E-state index in [4.69, 9.17) is 21.4 Å². The Morgan fingerprint density at radius 3 is 2.68 bits per heavy atom. The summed E-state index contributed by atoms with van der Waals surface area (Å²) in [6, 6.07) is 9.12. The first-order chi connectivity index (χ1) is 17.8. The van der Waals surface area contributed by atoms with Crippen molar-refractivity contribution in [3.63, 3.8) is 0 Å². The molecule has 0 bridgehead atoms. The van der Waals surface area contributed by atoms with Crippen molar-refractivity contribution < 1.29 is 14.3 Å². The average Bonchev–Trinajstić information content (AvgIpc) is 3.44. The second-order valence-electron chi connectivity index (χ2n) is 8.90. The van der Waals surface area contributed by atoms with Gasteiger partial charge in [0.05, 0.1) is 45.0 Å². The van der Waals surface area contributed by atoms with Gasteiger partial charge in [-0.3, -0.25) is 14.6 Å². The number of hydrogen-bond acceptors (Lipinski definition) is 7. The predicted octanol–water partition coefficient (Wildman–Crippen LogP) is 4.62. The summed E-state index contributed by atoms with van der Waals surface area (Å²) in [5.74, 6) is -0.310. The summed E-state index contributed by atoms with van der Waals surface area (Å²) in [6.45, 7) is 1.89. The van der Waals surface area contributed by atoms with E-state index in [1.165, 1.54) is 23.2 Å². The smallest absolute Gasteiger partial charge is 0.253 e. The lowest BCUT2D eigenvalue weighted by molar-refractivity contribution is -0.114. The number of amides is 2. The number of aryl methyl sites for hydroxylation is 1. The van der Waals surface area contributed by atoms with Gasteiger partial charge >= 0.3 is 0 Å². The highest BCUT2D eigenvalue weighted by molar-refractivity contribution is 7.19. The Balaban J connectivity index is 1.68. The number of hydrogen-bond donors (Lipinski definition) is 1. The van der Waals surface area contributed by atoms with Gasteiger partial charge in [-0.2, -0.15) is 5.10 Å². The SMILES string of the molecule is COCc1ccc(-c2nn(-c3ccc(C(=O)N(C)C)cc3Cl)c3c2CCc2nc(NC(C)=O)sc2-3)cn1. The Morgan fingerprint density at radius 1 is 1.22 bits per heavy atom. The Labute approximate surface area is 223 Å². The van der Waals surface area contributed by atoms with Gasteiger partial charge in [-0.15, -0.1) is 0 Å². The van der Waals surface area contributed by atoms with Gasteiger partial charge in [0.2, 0.25) is 5.91 Å². The number of carbonyl (C=O) groups is 2. The lowest BCUT2D eigenvalue weighted by atomic mass is 9.95. The van der Waals surface area contributed by atoms with Crippen molar-refractivity contribution >= 4 is 39.9 Å². The number of nitrogens with zero attached hydrogens (tertiary/aromatic N) is 5. The molecule has 2 amide bonds. The molecule has 37 heavy (non-hydrogen) atoms. The van der Waals surface area contributed by atoms with Crippen LogP contribution in [-0.4, -0.2) is 57.7 Å². The molecule has 5 rings (SSSR count). The molecular formula is C26H25ClN6O3S. The van der Waals surface area contributed by atoms with E-state index in [1.807, 2.05) is 16.8 Å². The molecule has 0 radical (unpaired) electrons. The maximum Gasteiger partial charge on any atom is 0.253 e. The van der Waals surface area contributed by atoms with Crippen LogP contribution < -0.4 is 5.32 Å². The molecule has 0 unspecified atom stereocenters. The molecule has 9 nitrogen and oxygen atoms in total. The average molecular weight is 537 g/mol. The fraction of sp³-hybridized carbons (Fsp3) is 0.269. The van der Waals surface area contributed by atoms with Crippen molar-refractivity contribution in [2.45, 2.75) is 26.4 Å². The third kappa shape index (κ3) is 4.75. The maximum absolute atomic E-state index is 12.5. The summed E-state index contributed by atoms with van der Waals surface area (Å²) in [5, 5.41) is 8.75. The van der Waals surface area contributed by atoms with Crippen LogP contribution in [0.2, 0.25) is 5.02 Å². The van der Waals surface area contributed by atoms with Gasteiger partial charge in [-0.25, -0.2) is 9.67 Å². The first kappa shape index (κ1) is 25.1. The lowest BCUT2D eigenvalue weighted by Crippen LogP contribution is -2.21. The second kappa shape index (κ2) is 10.0. The van der Waals surface area contributed by atoms with Gasteiger partial charge in [-0.05, 0) is 43.2 Å². The van der Waals surface area contributed by atoms with Crippen molar-refractivity contribution in [2.24, 2.45) is 0 Å². The largest absolute Gasteiger partial charge is 0.378 e. The van der Waals surface area contributed by atoms with Crippen LogP contribution in [0.3, 0.4) is 0 Å². The van der Waals surface area contributed by atoms with Crippen LogP contribution in [0.1, 0.15) is 34.2 Å². The molecule has 1 N–H and O–H groups in total. The first-order valence-corrected chi connectivity index (χ1v) is 12.8. The van der Waals surface area contributed by atoms with Gasteiger partial charge in [0.15, 0.2) is 5.13 Å². The first-order valence-electron chi connectivity index (χ1n) is 11.6. The predicted molar refractivity (Wildman–Crippen MR) is 143 cm³/mol. The minimum atomic E-state index is -0.174. The molecule has 0 saturated carbocycles. The van der Waals surface area contributed by atoms with Gasteiger partial charge in [0.25, 0.3) is 5.91 Å². The van der Waals surface area contributed by atoms with Crippen LogP contribution in [-0.2, 0) is 29.0 Å². The van der Waals surface area contributed by atoms with E-state index in [0.29, 0.717) is 28.0 Å². The summed E-state index contributed by atoms with van der Waals surface area (Å²) >= 11 is 8.15. The summed E-state index contributed by atoms with van der Waals surface area (Å²) in [7, 11) is 5.03. The summed E-state index contributed by atoms with van der Waals surface area (Å²) in [6.07, 6.45) is 3.23. The van der Waals surface area contributed by atoms with E-state index in [0.717, 1.165) is 51.6 Å². The zero-order valence-electron chi connectivity index (χ0n) is 20.8. The Hall–Kier alpha value is -3.60. The van der Waals surface area contributed by atoms with Crippen LogP contribution >= 0.6 is 22.9 Å².